The summed E-state index contributed by atoms with van der Waals surface area (Å²) in [7, 11) is 3.33. The Morgan fingerprint density at radius 1 is 1.19 bits per heavy atom. The quantitative estimate of drug-likeness (QED) is 0.259. The van der Waals surface area contributed by atoms with Crippen LogP contribution in [0.2, 0.25) is 0 Å². The molecule has 0 aliphatic carbocycles. The van der Waals surface area contributed by atoms with Crippen LogP contribution in [-0.4, -0.2) is 38.3 Å². The molecule has 8 heteroatoms. The summed E-state index contributed by atoms with van der Waals surface area (Å²) in [5.74, 6) is 1.01. The summed E-state index contributed by atoms with van der Waals surface area (Å²) >= 11 is 0. The van der Waals surface area contributed by atoms with E-state index in [1.165, 1.54) is 6.07 Å². The average Bonchev–Trinajstić information content (AvgIpc) is 2.66. The number of benzene rings is 1. The third-order valence-electron chi connectivity index (χ3n) is 3.73. The molecule has 0 radical (unpaired) electrons. The first-order chi connectivity index (χ1) is 12.6. The van der Waals surface area contributed by atoms with Crippen molar-refractivity contribution in [1.29, 1.82) is 0 Å². The lowest BCUT2D eigenvalue weighted by atomic mass is 10.1. The summed E-state index contributed by atoms with van der Waals surface area (Å²) in [6.45, 7) is 3.75. The number of methoxy groups -OCH3 is 1. The maximum absolute atomic E-state index is 13.3. The first kappa shape index (κ1) is 23.1. The van der Waals surface area contributed by atoms with Crippen LogP contribution in [0, 0.1) is 12.7 Å². The van der Waals surface area contributed by atoms with E-state index in [0.717, 1.165) is 11.1 Å². The Bertz CT molecular complexity index is 743. The van der Waals surface area contributed by atoms with Crippen LogP contribution >= 0.6 is 24.0 Å². The SMILES string of the molecule is CN=C(NCc1ccc(F)c(C)c1)NCc1cccnc1OCCOC.I. The second-order valence-corrected chi connectivity index (χ2v) is 5.67. The molecule has 1 aromatic heterocycles. The molecule has 1 heterocycles. The van der Waals surface area contributed by atoms with Crippen molar-refractivity contribution in [1.82, 2.24) is 15.6 Å². The molecule has 27 heavy (non-hydrogen) atoms. The minimum atomic E-state index is -0.200. The van der Waals surface area contributed by atoms with Crippen molar-refractivity contribution in [2.24, 2.45) is 4.99 Å². The van der Waals surface area contributed by atoms with Crippen LogP contribution < -0.4 is 15.4 Å². The number of guanidine groups is 1. The molecular weight excluding hydrogens is 462 g/mol. The number of ether oxygens (including phenoxy) is 2. The number of aromatic nitrogens is 1. The predicted molar refractivity (Wildman–Crippen MR) is 115 cm³/mol. The van der Waals surface area contributed by atoms with Crippen molar-refractivity contribution in [2.45, 2.75) is 20.0 Å². The van der Waals surface area contributed by atoms with Gasteiger partial charge in [0.15, 0.2) is 5.96 Å². The Labute approximate surface area is 176 Å². The molecule has 0 fully saturated rings. The Hall–Kier alpha value is -1.94. The fourth-order valence-electron chi connectivity index (χ4n) is 2.31. The first-order valence-electron chi connectivity index (χ1n) is 8.39. The number of aliphatic imine (C=N–C) groups is 1. The van der Waals surface area contributed by atoms with Crippen LogP contribution in [-0.2, 0) is 17.8 Å². The molecular formula is C19H26FIN4O2. The van der Waals surface area contributed by atoms with Crippen LogP contribution in [0.1, 0.15) is 16.7 Å². The number of pyridine rings is 1. The average molecular weight is 488 g/mol. The molecule has 0 aliphatic rings. The van der Waals surface area contributed by atoms with Crippen molar-refractivity contribution in [3.05, 3.63) is 59.0 Å². The largest absolute Gasteiger partial charge is 0.475 e. The van der Waals surface area contributed by atoms with Gasteiger partial charge < -0.3 is 20.1 Å². The molecule has 0 spiro atoms. The van der Waals surface area contributed by atoms with Gasteiger partial charge >= 0.3 is 0 Å². The van der Waals surface area contributed by atoms with E-state index < -0.39 is 0 Å². The van der Waals surface area contributed by atoms with E-state index in [2.05, 4.69) is 20.6 Å². The van der Waals surface area contributed by atoms with E-state index in [-0.39, 0.29) is 29.8 Å². The minimum Gasteiger partial charge on any atom is -0.475 e. The van der Waals surface area contributed by atoms with Gasteiger partial charge in [-0.1, -0.05) is 18.2 Å². The molecule has 0 saturated carbocycles. The fraction of sp³-hybridized carbons (Fsp3) is 0.368. The van der Waals surface area contributed by atoms with Crippen molar-refractivity contribution in [3.63, 3.8) is 0 Å². The normalized spacial score (nSPS) is 10.9. The van der Waals surface area contributed by atoms with Gasteiger partial charge in [-0.15, -0.1) is 24.0 Å². The molecule has 0 saturated heterocycles. The lowest BCUT2D eigenvalue weighted by molar-refractivity contribution is 0.143. The topological polar surface area (TPSA) is 67.8 Å². The molecule has 2 aromatic rings. The molecule has 0 aliphatic heterocycles. The Morgan fingerprint density at radius 3 is 2.67 bits per heavy atom. The van der Waals surface area contributed by atoms with Gasteiger partial charge in [0, 0.05) is 39.0 Å². The maximum Gasteiger partial charge on any atom is 0.218 e. The van der Waals surface area contributed by atoms with Crippen molar-refractivity contribution < 1.29 is 13.9 Å². The number of halogens is 2. The van der Waals surface area contributed by atoms with Crippen molar-refractivity contribution in [3.8, 4) is 5.88 Å². The van der Waals surface area contributed by atoms with E-state index in [4.69, 9.17) is 9.47 Å². The number of aryl methyl sites for hydroxylation is 1. The predicted octanol–water partition coefficient (Wildman–Crippen LogP) is 3.04. The van der Waals surface area contributed by atoms with Gasteiger partial charge in [0.1, 0.15) is 12.4 Å². The zero-order valence-electron chi connectivity index (χ0n) is 15.8. The third-order valence-corrected chi connectivity index (χ3v) is 3.73. The Kier molecular flexibility index (Phi) is 10.6. The smallest absolute Gasteiger partial charge is 0.218 e. The molecule has 6 nitrogen and oxygen atoms in total. The molecule has 0 atom stereocenters. The second kappa shape index (κ2) is 12.4. The number of nitrogens with one attached hydrogen (secondary N) is 2. The summed E-state index contributed by atoms with van der Waals surface area (Å²) in [5, 5.41) is 6.44. The number of hydrogen-bond donors (Lipinski definition) is 2. The van der Waals surface area contributed by atoms with E-state index in [0.29, 0.717) is 43.7 Å². The summed E-state index contributed by atoms with van der Waals surface area (Å²) in [6.07, 6.45) is 1.69. The highest BCUT2D eigenvalue weighted by atomic mass is 127. The zero-order valence-corrected chi connectivity index (χ0v) is 18.1. The monoisotopic (exact) mass is 488 g/mol. The van der Waals surface area contributed by atoms with Crippen LogP contribution in [0.25, 0.3) is 0 Å². The summed E-state index contributed by atoms with van der Waals surface area (Å²) in [6, 6.07) is 8.85. The summed E-state index contributed by atoms with van der Waals surface area (Å²) in [5.41, 5.74) is 2.53. The summed E-state index contributed by atoms with van der Waals surface area (Å²) in [4.78, 5) is 8.45. The summed E-state index contributed by atoms with van der Waals surface area (Å²) < 4.78 is 24.0. The number of hydrogen-bond acceptors (Lipinski definition) is 4. The lowest BCUT2D eigenvalue weighted by Crippen LogP contribution is -2.36. The van der Waals surface area contributed by atoms with Gasteiger partial charge in [-0.25, -0.2) is 9.37 Å². The van der Waals surface area contributed by atoms with Crippen LogP contribution in [0.15, 0.2) is 41.5 Å². The molecule has 0 amide bonds. The maximum atomic E-state index is 13.3. The molecule has 2 rings (SSSR count). The van der Waals surface area contributed by atoms with E-state index in [1.54, 1.807) is 33.3 Å². The fourth-order valence-corrected chi connectivity index (χ4v) is 2.31. The Morgan fingerprint density at radius 2 is 1.96 bits per heavy atom. The van der Waals surface area contributed by atoms with Gasteiger partial charge in [0.25, 0.3) is 0 Å². The highest BCUT2D eigenvalue weighted by Gasteiger charge is 2.06. The third kappa shape index (κ3) is 7.67. The number of rotatable bonds is 8. The first-order valence-corrected chi connectivity index (χ1v) is 8.39. The van der Waals surface area contributed by atoms with Crippen LogP contribution in [0.3, 0.4) is 0 Å². The second-order valence-electron chi connectivity index (χ2n) is 5.67. The van der Waals surface area contributed by atoms with Gasteiger partial charge in [-0.3, -0.25) is 4.99 Å². The number of nitrogens with zero attached hydrogens (tertiary/aromatic N) is 2. The molecule has 1 aromatic carbocycles. The van der Waals surface area contributed by atoms with Crippen molar-refractivity contribution >= 4 is 29.9 Å². The van der Waals surface area contributed by atoms with Crippen molar-refractivity contribution in [2.75, 3.05) is 27.4 Å². The van der Waals surface area contributed by atoms with E-state index >= 15 is 0 Å². The van der Waals surface area contributed by atoms with E-state index in [9.17, 15) is 4.39 Å². The zero-order chi connectivity index (χ0) is 18.8. The van der Waals surface area contributed by atoms with Crippen LogP contribution in [0.4, 0.5) is 4.39 Å². The van der Waals surface area contributed by atoms with Gasteiger partial charge in [-0.05, 0) is 30.2 Å². The molecule has 148 valence electrons. The van der Waals surface area contributed by atoms with Crippen LogP contribution in [0.5, 0.6) is 5.88 Å². The van der Waals surface area contributed by atoms with Gasteiger partial charge in [-0.2, -0.15) is 0 Å². The molecule has 2 N–H and O–H groups in total. The Balaban J connectivity index is 0.00000364. The molecule has 0 unspecified atom stereocenters. The van der Waals surface area contributed by atoms with Gasteiger partial charge in [0.2, 0.25) is 5.88 Å². The minimum absolute atomic E-state index is 0. The molecule has 0 bridgehead atoms. The lowest BCUT2D eigenvalue weighted by Gasteiger charge is -2.14. The highest BCUT2D eigenvalue weighted by molar-refractivity contribution is 14.0. The highest BCUT2D eigenvalue weighted by Crippen LogP contribution is 2.14. The standard InChI is InChI=1S/C19H25FN4O2.HI/c1-14-11-15(6-7-17(14)20)12-23-19(21-2)24-13-16-5-4-8-22-18(16)26-10-9-25-3;/h4-8,11H,9-10,12-13H2,1-3H3,(H2,21,23,24);1H. The van der Waals surface area contributed by atoms with Gasteiger partial charge in [0.05, 0.1) is 6.61 Å². The van der Waals surface area contributed by atoms with E-state index in [1.807, 2.05) is 18.2 Å².